The summed E-state index contributed by atoms with van der Waals surface area (Å²) in [7, 11) is 0. The van der Waals surface area contributed by atoms with Crippen LogP contribution in [0, 0.1) is 17.3 Å². The van der Waals surface area contributed by atoms with Crippen LogP contribution in [0.25, 0.3) is 11.1 Å². The monoisotopic (exact) mass is 464 g/mol. The van der Waals surface area contributed by atoms with Gasteiger partial charge in [0.15, 0.2) is 0 Å². The van der Waals surface area contributed by atoms with E-state index in [4.69, 9.17) is 4.74 Å². The average Bonchev–Trinajstić information content (AvgIpc) is 3.30. The van der Waals surface area contributed by atoms with Gasteiger partial charge in [-0.1, -0.05) is 69.3 Å². The molecule has 2 amide bonds. The van der Waals surface area contributed by atoms with Crippen molar-refractivity contribution < 1.29 is 24.2 Å². The van der Waals surface area contributed by atoms with Gasteiger partial charge in [-0.05, 0) is 41.0 Å². The smallest absolute Gasteiger partial charge is 0.407 e. The van der Waals surface area contributed by atoms with Crippen molar-refractivity contribution in [1.82, 2.24) is 10.2 Å². The van der Waals surface area contributed by atoms with Crippen LogP contribution in [0.4, 0.5) is 4.79 Å². The molecular weight excluding hydrogens is 432 g/mol. The molecule has 7 nitrogen and oxygen atoms in total. The van der Waals surface area contributed by atoms with Crippen LogP contribution in [0.1, 0.15) is 44.7 Å². The van der Waals surface area contributed by atoms with Crippen molar-refractivity contribution in [2.75, 3.05) is 19.7 Å². The molecule has 0 radical (unpaired) electrons. The normalized spacial score (nSPS) is 22.3. The number of hydrogen-bond acceptors (Lipinski definition) is 4. The van der Waals surface area contributed by atoms with Crippen LogP contribution in [0.5, 0.6) is 0 Å². The van der Waals surface area contributed by atoms with Gasteiger partial charge in [-0.2, -0.15) is 0 Å². The lowest BCUT2D eigenvalue weighted by molar-refractivity contribution is -0.149. The summed E-state index contributed by atoms with van der Waals surface area (Å²) < 4.78 is 5.62. The molecule has 0 saturated carbocycles. The van der Waals surface area contributed by atoms with E-state index in [9.17, 15) is 19.5 Å². The van der Waals surface area contributed by atoms with E-state index < -0.39 is 23.5 Å². The highest BCUT2D eigenvalue weighted by molar-refractivity contribution is 5.87. The molecule has 4 rings (SSSR count). The van der Waals surface area contributed by atoms with Gasteiger partial charge in [-0.15, -0.1) is 0 Å². The Labute approximate surface area is 200 Å². The predicted molar refractivity (Wildman–Crippen MR) is 128 cm³/mol. The number of ether oxygens (including phenoxy) is 1. The van der Waals surface area contributed by atoms with E-state index in [1.54, 1.807) is 11.8 Å². The highest BCUT2D eigenvalue weighted by Gasteiger charge is 2.49. The highest BCUT2D eigenvalue weighted by Crippen LogP contribution is 2.44. The molecule has 0 bridgehead atoms. The zero-order valence-electron chi connectivity index (χ0n) is 20.1. The van der Waals surface area contributed by atoms with E-state index in [0.29, 0.717) is 6.54 Å². The molecule has 1 heterocycles. The molecule has 1 fully saturated rings. The lowest BCUT2D eigenvalue weighted by Crippen LogP contribution is -2.51. The van der Waals surface area contributed by atoms with Crippen molar-refractivity contribution in [1.29, 1.82) is 0 Å². The van der Waals surface area contributed by atoms with Gasteiger partial charge in [0.2, 0.25) is 5.91 Å². The second-order valence-electron chi connectivity index (χ2n) is 10.0. The maximum atomic E-state index is 13.2. The minimum absolute atomic E-state index is 0.0675. The number of likely N-dealkylation sites (tertiary alicyclic amines) is 1. The fourth-order valence-corrected chi connectivity index (χ4v) is 5.07. The van der Waals surface area contributed by atoms with Gasteiger partial charge in [0.1, 0.15) is 12.6 Å². The third-order valence-corrected chi connectivity index (χ3v) is 7.45. The van der Waals surface area contributed by atoms with Crippen LogP contribution < -0.4 is 5.32 Å². The number of rotatable bonds is 6. The number of carboxylic acid groups (broad SMARTS) is 1. The molecular formula is C27H32N2O5. The molecule has 0 aromatic heterocycles. The quantitative estimate of drug-likeness (QED) is 0.671. The lowest BCUT2D eigenvalue weighted by atomic mass is 9.81. The van der Waals surface area contributed by atoms with E-state index in [1.165, 1.54) is 0 Å². The molecule has 2 aliphatic rings. The first-order valence-electron chi connectivity index (χ1n) is 11.8. The Morgan fingerprint density at radius 1 is 1.09 bits per heavy atom. The zero-order valence-corrected chi connectivity index (χ0v) is 20.1. The average molecular weight is 465 g/mol. The topological polar surface area (TPSA) is 95.9 Å². The molecule has 2 aromatic carbocycles. The fraction of sp³-hybridized carbons (Fsp3) is 0.444. The Morgan fingerprint density at radius 2 is 1.65 bits per heavy atom. The Kier molecular flexibility index (Phi) is 6.39. The van der Waals surface area contributed by atoms with Crippen molar-refractivity contribution in [3.05, 3.63) is 59.7 Å². The molecule has 34 heavy (non-hydrogen) atoms. The van der Waals surface area contributed by atoms with Gasteiger partial charge in [0.05, 0.1) is 5.41 Å². The summed E-state index contributed by atoms with van der Waals surface area (Å²) >= 11 is 0. The third kappa shape index (κ3) is 4.15. The summed E-state index contributed by atoms with van der Waals surface area (Å²) in [5.74, 6) is -1.63. The third-order valence-electron chi connectivity index (χ3n) is 7.45. The van der Waals surface area contributed by atoms with Crippen LogP contribution in [-0.2, 0) is 14.3 Å². The van der Waals surface area contributed by atoms with Gasteiger partial charge in [-0.25, -0.2) is 4.79 Å². The van der Waals surface area contributed by atoms with Crippen molar-refractivity contribution in [3.63, 3.8) is 0 Å². The summed E-state index contributed by atoms with van der Waals surface area (Å²) in [4.78, 5) is 39.3. The molecule has 2 aromatic rings. The largest absolute Gasteiger partial charge is 0.481 e. The first-order valence-corrected chi connectivity index (χ1v) is 11.8. The Bertz CT molecular complexity index is 1070. The number of hydrogen-bond donors (Lipinski definition) is 2. The number of carboxylic acids is 1. The summed E-state index contributed by atoms with van der Waals surface area (Å²) in [5, 5.41) is 12.4. The Morgan fingerprint density at radius 3 is 2.15 bits per heavy atom. The summed E-state index contributed by atoms with van der Waals surface area (Å²) in [5.41, 5.74) is 3.53. The molecule has 2 unspecified atom stereocenters. The number of nitrogens with one attached hydrogen (secondary N) is 1. The van der Waals surface area contributed by atoms with Crippen LogP contribution in [0.3, 0.4) is 0 Å². The maximum absolute atomic E-state index is 13.2. The van der Waals surface area contributed by atoms with Crippen molar-refractivity contribution in [3.8, 4) is 11.1 Å². The minimum atomic E-state index is -0.999. The van der Waals surface area contributed by atoms with Gasteiger partial charge < -0.3 is 20.1 Å². The fourth-order valence-electron chi connectivity index (χ4n) is 5.07. The molecule has 0 spiro atoms. The molecule has 1 saturated heterocycles. The number of benzene rings is 2. The number of aliphatic carboxylic acids is 1. The zero-order chi connectivity index (χ0) is 24.6. The molecule has 3 atom stereocenters. The maximum Gasteiger partial charge on any atom is 0.407 e. The van der Waals surface area contributed by atoms with Gasteiger partial charge in [-0.3, -0.25) is 9.59 Å². The molecule has 2 N–H and O–H groups in total. The predicted octanol–water partition coefficient (Wildman–Crippen LogP) is 4.12. The second-order valence-corrected chi connectivity index (χ2v) is 10.0. The Hall–Kier alpha value is -3.35. The second kappa shape index (κ2) is 9.12. The van der Waals surface area contributed by atoms with Crippen molar-refractivity contribution in [2.24, 2.45) is 17.3 Å². The minimum Gasteiger partial charge on any atom is -0.481 e. The SMILES string of the molecule is CC(C)[C@H](NC(=O)OCC1c2ccccc2-c2ccccc21)C(=O)N1CC(C)C(C)(C(=O)O)C1. The van der Waals surface area contributed by atoms with Crippen molar-refractivity contribution >= 4 is 18.0 Å². The van der Waals surface area contributed by atoms with Crippen LogP contribution in [0.15, 0.2) is 48.5 Å². The number of carbonyl (C=O) groups is 3. The van der Waals surface area contributed by atoms with Gasteiger partial charge in [0.25, 0.3) is 0 Å². The molecule has 1 aliphatic carbocycles. The summed E-state index contributed by atoms with van der Waals surface area (Å²) in [6, 6.07) is 15.4. The molecule has 7 heteroatoms. The number of alkyl carbamates (subject to hydrolysis) is 1. The van der Waals surface area contributed by atoms with E-state index in [2.05, 4.69) is 29.6 Å². The number of amides is 2. The summed E-state index contributed by atoms with van der Waals surface area (Å²) in [6.45, 7) is 7.83. The number of nitrogens with zero attached hydrogens (tertiary/aromatic N) is 1. The van der Waals surface area contributed by atoms with E-state index >= 15 is 0 Å². The van der Waals surface area contributed by atoms with Crippen LogP contribution in [-0.4, -0.2) is 53.7 Å². The highest BCUT2D eigenvalue weighted by atomic mass is 16.5. The van der Waals surface area contributed by atoms with Crippen molar-refractivity contribution in [2.45, 2.75) is 39.7 Å². The van der Waals surface area contributed by atoms with Gasteiger partial charge in [0, 0.05) is 19.0 Å². The number of carbonyl (C=O) groups excluding carboxylic acids is 2. The van der Waals surface area contributed by atoms with E-state index in [0.717, 1.165) is 22.3 Å². The standard InChI is InChI=1S/C27H32N2O5/c1-16(2)23(24(30)29-13-17(3)27(4,15-29)25(31)32)28-26(33)34-14-22-20-11-7-5-9-18(20)19-10-6-8-12-21(19)22/h5-12,16-17,22-23H,13-15H2,1-4H3,(H,28,33)(H,31,32)/t17?,23-,27?/m0/s1. The van der Waals surface area contributed by atoms with E-state index in [-0.39, 0.29) is 36.8 Å². The molecule has 180 valence electrons. The van der Waals surface area contributed by atoms with Crippen LogP contribution >= 0.6 is 0 Å². The first-order chi connectivity index (χ1) is 16.1. The van der Waals surface area contributed by atoms with E-state index in [1.807, 2.05) is 45.0 Å². The first kappa shape index (κ1) is 23.8. The van der Waals surface area contributed by atoms with Crippen LogP contribution in [0.2, 0.25) is 0 Å². The molecule has 1 aliphatic heterocycles. The lowest BCUT2D eigenvalue weighted by Gasteiger charge is -2.27. The van der Waals surface area contributed by atoms with Gasteiger partial charge >= 0.3 is 12.1 Å². The number of fused-ring (bicyclic) bond motifs is 3. The Balaban J connectivity index is 1.43. The summed E-state index contributed by atoms with van der Waals surface area (Å²) in [6.07, 6.45) is -0.651.